The van der Waals surface area contributed by atoms with Crippen molar-refractivity contribution in [2.75, 3.05) is 36.4 Å². The van der Waals surface area contributed by atoms with Crippen molar-refractivity contribution >= 4 is 23.3 Å². The van der Waals surface area contributed by atoms with E-state index < -0.39 is 0 Å². The van der Waals surface area contributed by atoms with Crippen LogP contribution in [0.4, 0.5) is 11.5 Å². The number of amides is 2. The molecule has 0 unspecified atom stereocenters. The third-order valence-corrected chi connectivity index (χ3v) is 4.69. The number of rotatable bonds is 3. The summed E-state index contributed by atoms with van der Waals surface area (Å²) in [5.41, 5.74) is 3.53. The summed E-state index contributed by atoms with van der Waals surface area (Å²) in [6.07, 6.45) is 1.60. The lowest BCUT2D eigenvalue weighted by Gasteiger charge is -2.34. The van der Waals surface area contributed by atoms with Crippen molar-refractivity contribution in [1.29, 1.82) is 0 Å². The van der Waals surface area contributed by atoms with E-state index in [4.69, 9.17) is 0 Å². The summed E-state index contributed by atoms with van der Waals surface area (Å²) in [5, 5.41) is 2.93. The Bertz CT molecular complexity index is 809. The van der Waals surface area contributed by atoms with Gasteiger partial charge in [-0.15, -0.1) is 0 Å². The molecule has 0 aliphatic carbocycles. The van der Waals surface area contributed by atoms with E-state index in [9.17, 15) is 9.59 Å². The van der Waals surface area contributed by atoms with Gasteiger partial charge < -0.3 is 15.1 Å². The van der Waals surface area contributed by atoms with Crippen molar-refractivity contribution in [3.05, 3.63) is 53.2 Å². The van der Waals surface area contributed by atoms with Crippen molar-refractivity contribution in [1.82, 2.24) is 9.88 Å². The molecule has 26 heavy (non-hydrogen) atoms. The standard InChI is InChI=1S/C20H24N4O2/c1-14-4-6-18(15(2)12-14)22-20(26)17-5-7-19(21-13-17)24-10-8-23(9-11-24)16(3)25/h4-7,12-13H,8-11H2,1-3H3,(H,22,26). The number of aryl methyl sites for hydroxylation is 2. The van der Waals surface area contributed by atoms with E-state index in [0.29, 0.717) is 18.7 Å². The van der Waals surface area contributed by atoms with Gasteiger partial charge in [0.05, 0.1) is 5.56 Å². The molecule has 2 aromatic rings. The normalized spacial score (nSPS) is 14.3. The molecule has 1 aromatic carbocycles. The van der Waals surface area contributed by atoms with Gasteiger partial charge in [0.1, 0.15) is 5.82 Å². The second-order valence-corrected chi connectivity index (χ2v) is 6.67. The van der Waals surface area contributed by atoms with Crippen LogP contribution in [0.1, 0.15) is 28.4 Å². The third-order valence-electron chi connectivity index (χ3n) is 4.69. The molecule has 0 bridgehead atoms. The molecule has 0 radical (unpaired) electrons. The third kappa shape index (κ3) is 4.02. The number of carbonyl (C=O) groups is 2. The van der Waals surface area contributed by atoms with Gasteiger partial charge >= 0.3 is 0 Å². The predicted octanol–water partition coefficient (Wildman–Crippen LogP) is 2.62. The highest BCUT2D eigenvalue weighted by Gasteiger charge is 2.19. The van der Waals surface area contributed by atoms with E-state index in [2.05, 4.69) is 15.2 Å². The molecule has 1 aromatic heterocycles. The fourth-order valence-corrected chi connectivity index (χ4v) is 3.11. The quantitative estimate of drug-likeness (QED) is 0.922. The van der Waals surface area contributed by atoms with Crippen LogP contribution < -0.4 is 10.2 Å². The second kappa shape index (κ2) is 7.56. The van der Waals surface area contributed by atoms with Crippen LogP contribution in [0.2, 0.25) is 0 Å². The number of nitrogens with one attached hydrogen (secondary N) is 1. The van der Waals surface area contributed by atoms with E-state index >= 15 is 0 Å². The van der Waals surface area contributed by atoms with Crippen LogP contribution in [0.5, 0.6) is 0 Å². The van der Waals surface area contributed by atoms with Gasteiger partial charge in [0, 0.05) is 45.0 Å². The molecule has 1 aliphatic heterocycles. The lowest BCUT2D eigenvalue weighted by atomic mass is 10.1. The Morgan fingerprint density at radius 3 is 2.35 bits per heavy atom. The van der Waals surface area contributed by atoms with Gasteiger partial charge in [-0.2, -0.15) is 0 Å². The van der Waals surface area contributed by atoms with Gasteiger partial charge in [-0.3, -0.25) is 9.59 Å². The number of hydrogen-bond acceptors (Lipinski definition) is 4. The predicted molar refractivity (Wildman–Crippen MR) is 103 cm³/mol. The van der Waals surface area contributed by atoms with Crippen molar-refractivity contribution in [2.45, 2.75) is 20.8 Å². The molecular formula is C20H24N4O2. The maximum Gasteiger partial charge on any atom is 0.257 e. The van der Waals surface area contributed by atoms with Gasteiger partial charge in [0.15, 0.2) is 0 Å². The van der Waals surface area contributed by atoms with Crippen molar-refractivity contribution in [3.8, 4) is 0 Å². The Morgan fingerprint density at radius 1 is 1.04 bits per heavy atom. The molecule has 3 rings (SSSR count). The summed E-state index contributed by atoms with van der Waals surface area (Å²) >= 11 is 0. The monoisotopic (exact) mass is 352 g/mol. The number of carbonyl (C=O) groups excluding carboxylic acids is 2. The van der Waals surface area contributed by atoms with Crippen LogP contribution >= 0.6 is 0 Å². The average molecular weight is 352 g/mol. The Balaban J connectivity index is 1.64. The lowest BCUT2D eigenvalue weighted by Crippen LogP contribution is -2.48. The van der Waals surface area contributed by atoms with E-state index in [1.54, 1.807) is 19.2 Å². The van der Waals surface area contributed by atoms with Crippen LogP contribution in [0.25, 0.3) is 0 Å². The zero-order chi connectivity index (χ0) is 18.7. The first-order chi connectivity index (χ1) is 12.4. The van der Waals surface area contributed by atoms with Gasteiger partial charge in [-0.1, -0.05) is 17.7 Å². The first kappa shape index (κ1) is 17.9. The molecule has 1 aliphatic rings. The zero-order valence-electron chi connectivity index (χ0n) is 15.5. The molecule has 0 spiro atoms. The molecule has 136 valence electrons. The van der Waals surface area contributed by atoms with Crippen molar-refractivity contribution in [2.24, 2.45) is 0 Å². The smallest absolute Gasteiger partial charge is 0.257 e. The van der Waals surface area contributed by atoms with Crippen molar-refractivity contribution in [3.63, 3.8) is 0 Å². The molecule has 1 fully saturated rings. The molecule has 6 heteroatoms. The minimum absolute atomic E-state index is 0.107. The van der Waals surface area contributed by atoms with Crippen LogP contribution in [-0.2, 0) is 4.79 Å². The van der Waals surface area contributed by atoms with Crippen LogP contribution in [0, 0.1) is 13.8 Å². The SMILES string of the molecule is CC(=O)N1CCN(c2ccc(C(=O)Nc3ccc(C)cc3C)cn2)CC1. The second-order valence-electron chi connectivity index (χ2n) is 6.67. The minimum Gasteiger partial charge on any atom is -0.353 e. The average Bonchev–Trinajstić information content (AvgIpc) is 2.64. The van der Waals surface area contributed by atoms with Crippen molar-refractivity contribution < 1.29 is 9.59 Å². The van der Waals surface area contributed by atoms with Crippen LogP contribution in [0.15, 0.2) is 36.5 Å². The molecule has 6 nitrogen and oxygen atoms in total. The molecule has 1 N–H and O–H groups in total. The van der Waals surface area contributed by atoms with Gasteiger partial charge in [-0.05, 0) is 37.6 Å². The van der Waals surface area contributed by atoms with E-state index in [0.717, 1.165) is 35.7 Å². The summed E-state index contributed by atoms with van der Waals surface area (Å²) in [5.74, 6) is 0.768. The van der Waals surface area contributed by atoms with Crippen LogP contribution in [-0.4, -0.2) is 47.9 Å². The molecular weight excluding hydrogens is 328 g/mol. The topological polar surface area (TPSA) is 65.5 Å². The number of pyridine rings is 1. The van der Waals surface area contributed by atoms with Gasteiger partial charge in [-0.25, -0.2) is 4.98 Å². The van der Waals surface area contributed by atoms with Gasteiger partial charge in [0.25, 0.3) is 5.91 Å². The summed E-state index contributed by atoms with van der Waals surface area (Å²) in [6, 6.07) is 9.58. The Hall–Kier alpha value is -2.89. The van der Waals surface area contributed by atoms with E-state index in [1.807, 2.05) is 43.0 Å². The maximum absolute atomic E-state index is 12.4. The summed E-state index contributed by atoms with van der Waals surface area (Å²) < 4.78 is 0. The highest BCUT2D eigenvalue weighted by atomic mass is 16.2. The Morgan fingerprint density at radius 2 is 1.77 bits per heavy atom. The summed E-state index contributed by atoms with van der Waals surface area (Å²) in [4.78, 5) is 32.2. The first-order valence-corrected chi connectivity index (χ1v) is 8.79. The number of anilines is 2. The lowest BCUT2D eigenvalue weighted by molar-refractivity contribution is -0.129. The Kier molecular flexibility index (Phi) is 5.21. The van der Waals surface area contributed by atoms with Crippen LogP contribution in [0.3, 0.4) is 0 Å². The number of benzene rings is 1. The van der Waals surface area contributed by atoms with E-state index in [1.165, 1.54) is 0 Å². The fourth-order valence-electron chi connectivity index (χ4n) is 3.11. The number of aromatic nitrogens is 1. The molecule has 1 saturated heterocycles. The summed E-state index contributed by atoms with van der Waals surface area (Å²) in [6.45, 7) is 8.50. The number of nitrogens with zero attached hydrogens (tertiary/aromatic N) is 3. The zero-order valence-corrected chi connectivity index (χ0v) is 15.5. The minimum atomic E-state index is -0.169. The van der Waals surface area contributed by atoms with Gasteiger partial charge in [0.2, 0.25) is 5.91 Å². The Labute approximate surface area is 153 Å². The first-order valence-electron chi connectivity index (χ1n) is 8.79. The maximum atomic E-state index is 12.4. The largest absolute Gasteiger partial charge is 0.353 e. The molecule has 2 amide bonds. The number of hydrogen-bond donors (Lipinski definition) is 1. The highest BCUT2D eigenvalue weighted by Crippen LogP contribution is 2.18. The highest BCUT2D eigenvalue weighted by molar-refractivity contribution is 6.04. The molecule has 2 heterocycles. The van der Waals surface area contributed by atoms with E-state index in [-0.39, 0.29) is 11.8 Å². The number of piperazine rings is 1. The summed E-state index contributed by atoms with van der Waals surface area (Å²) in [7, 11) is 0. The molecule has 0 atom stereocenters. The fraction of sp³-hybridized carbons (Fsp3) is 0.350. The molecule has 0 saturated carbocycles.